The average molecular weight is 324 g/mol. The van der Waals surface area contributed by atoms with Crippen molar-refractivity contribution < 1.29 is 18.3 Å². The fourth-order valence-corrected chi connectivity index (χ4v) is 3.38. The Bertz CT molecular complexity index is 870. The minimum atomic E-state index is -3.97. The number of hydrogen-bond donors (Lipinski definition) is 3. The molecule has 0 saturated carbocycles. The lowest BCUT2D eigenvalue weighted by Gasteiger charge is -2.18. The highest BCUT2D eigenvalue weighted by molar-refractivity contribution is 7.89. The number of carboxylic acids is 1. The fourth-order valence-electron chi connectivity index (χ4n) is 2.01. The van der Waals surface area contributed by atoms with Crippen LogP contribution in [0.4, 0.5) is 0 Å². The normalized spacial score (nSPS) is 13.4. The molecule has 0 radical (unpaired) electrons. The van der Waals surface area contributed by atoms with Crippen molar-refractivity contribution in [1.82, 2.24) is 9.71 Å². The highest BCUT2D eigenvalue weighted by atomic mass is 32.2. The second-order valence-corrected chi connectivity index (χ2v) is 6.97. The van der Waals surface area contributed by atoms with Crippen LogP contribution in [0.5, 0.6) is 0 Å². The van der Waals surface area contributed by atoms with Crippen LogP contribution in [-0.2, 0) is 14.8 Å². The lowest BCUT2D eigenvalue weighted by molar-refractivity contribution is -0.140. The third-order valence-corrected chi connectivity index (χ3v) is 4.66. The van der Waals surface area contributed by atoms with Crippen molar-refractivity contribution in [3.8, 4) is 0 Å². The summed E-state index contributed by atoms with van der Waals surface area (Å²) in [6, 6.07) is 5.75. The number of carboxylic acid groups (broad SMARTS) is 1. The number of aliphatic carboxylic acids is 1. The van der Waals surface area contributed by atoms with Crippen LogP contribution in [0.1, 0.15) is 13.8 Å². The van der Waals surface area contributed by atoms with Crippen molar-refractivity contribution in [2.75, 3.05) is 0 Å². The Morgan fingerprint density at radius 1 is 1.23 bits per heavy atom. The summed E-state index contributed by atoms with van der Waals surface area (Å²) >= 11 is 0. The van der Waals surface area contributed by atoms with E-state index in [2.05, 4.69) is 9.71 Å². The van der Waals surface area contributed by atoms with Crippen LogP contribution < -0.4 is 10.3 Å². The summed E-state index contributed by atoms with van der Waals surface area (Å²) in [4.78, 5) is 24.9. The van der Waals surface area contributed by atoms with Crippen molar-refractivity contribution in [1.29, 1.82) is 0 Å². The molecule has 8 heteroatoms. The first-order valence-corrected chi connectivity index (χ1v) is 8.07. The van der Waals surface area contributed by atoms with Crippen molar-refractivity contribution in [3.05, 3.63) is 40.7 Å². The van der Waals surface area contributed by atoms with E-state index in [1.807, 2.05) is 0 Å². The molecule has 1 heterocycles. The number of H-pyrrole nitrogens is 1. The molecule has 0 fully saturated rings. The van der Waals surface area contributed by atoms with Gasteiger partial charge in [-0.05, 0) is 35.6 Å². The maximum Gasteiger partial charge on any atom is 0.322 e. The monoisotopic (exact) mass is 324 g/mol. The molecule has 22 heavy (non-hydrogen) atoms. The van der Waals surface area contributed by atoms with E-state index in [-0.39, 0.29) is 10.5 Å². The van der Waals surface area contributed by atoms with Crippen molar-refractivity contribution in [3.63, 3.8) is 0 Å². The fraction of sp³-hybridized carbons (Fsp3) is 0.286. The van der Waals surface area contributed by atoms with Crippen LogP contribution in [0, 0.1) is 5.92 Å². The van der Waals surface area contributed by atoms with Gasteiger partial charge in [0.25, 0.3) is 0 Å². The number of sulfonamides is 1. The van der Waals surface area contributed by atoms with Gasteiger partial charge in [0.2, 0.25) is 15.6 Å². The number of hydrogen-bond acceptors (Lipinski definition) is 4. The lowest BCUT2D eigenvalue weighted by atomic mass is 10.1. The first-order valence-electron chi connectivity index (χ1n) is 6.59. The van der Waals surface area contributed by atoms with E-state index in [0.29, 0.717) is 10.9 Å². The molecule has 0 aliphatic rings. The van der Waals surface area contributed by atoms with Gasteiger partial charge in [0, 0.05) is 11.6 Å². The summed E-state index contributed by atoms with van der Waals surface area (Å²) in [6.07, 6.45) is 0. The number of carbonyl (C=O) groups is 1. The zero-order chi connectivity index (χ0) is 16.5. The van der Waals surface area contributed by atoms with Crippen LogP contribution in [0.2, 0.25) is 0 Å². The third-order valence-electron chi connectivity index (χ3n) is 3.22. The second kappa shape index (κ2) is 5.90. The Balaban J connectivity index is 2.43. The topological polar surface area (TPSA) is 116 Å². The molecule has 1 aromatic heterocycles. The largest absolute Gasteiger partial charge is 0.480 e. The summed E-state index contributed by atoms with van der Waals surface area (Å²) < 4.78 is 26.8. The lowest BCUT2D eigenvalue weighted by Crippen LogP contribution is -2.44. The van der Waals surface area contributed by atoms with Gasteiger partial charge >= 0.3 is 5.97 Å². The number of nitrogens with one attached hydrogen (secondary N) is 2. The molecule has 0 spiro atoms. The molecule has 1 aromatic carbocycles. The molecule has 118 valence electrons. The predicted molar refractivity (Wildman–Crippen MR) is 81.2 cm³/mol. The Morgan fingerprint density at radius 2 is 1.91 bits per heavy atom. The zero-order valence-electron chi connectivity index (χ0n) is 12.0. The van der Waals surface area contributed by atoms with E-state index < -0.39 is 28.0 Å². The number of fused-ring (bicyclic) bond motifs is 1. The summed E-state index contributed by atoms with van der Waals surface area (Å²) in [5.74, 6) is -1.63. The van der Waals surface area contributed by atoms with Crippen LogP contribution in [0.15, 0.2) is 40.0 Å². The van der Waals surface area contributed by atoms with E-state index in [4.69, 9.17) is 5.11 Å². The standard InChI is InChI=1S/C14H16N2O5S/c1-8(2)13(14(18)19)16-22(20,21)10-4-5-11-9(7-10)3-6-12(17)15-11/h3-8,13,16H,1-2H3,(H,15,17)(H,18,19)/t13-/m1/s1. The van der Waals surface area contributed by atoms with Crippen LogP contribution in [0.3, 0.4) is 0 Å². The smallest absolute Gasteiger partial charge is 0.322 e. The molecule has 2 aromatic rings. The molecule has 0 saturated heterocycles. The molecule has 1 atom stereocenters. The Kier molecular flexibility index (Phi) is 4.34. The first-order chi connectivity index (χ1) is 10.2. The maximum absolute atomic E-state index is 12.3. The molecule has 2 rings (SSSR count). The minimum Gasteiger partial charge on any atom is -0.480 e. The van der Waals surface area contributed by atoms with E-state index in [9.17, 15) is 18.0 Å². The molecule has 3 N–H and O–H groups in total. The van der Waals surface area contributed by atoms with Crippen molar-refractivity contribution >= 4 is 26.9 Å². The van der Waals surface area contributed by atoms with E-state index >= 15 is 0 Å². The quantitative estimate of drug-likeness (QED) is 0.756. The second-order valence-electron chi connectivity index (χ2n) is 5.25. The predicted octanol–water partition coefficient (Wildman–Crippen LogP) is 0.916. The highest BCUT2D eigenvalue weighted by Crippen LogP contribution is 2.17. The number of rotatable bonds is 5. The minimum absolute atomic E-state index is 0.0565. The molecule has 0 aliphatic carbocycles. The van der Waals surface area contributed by atoms with Gasteiger partial charge in [-0.2, -0.15) is 4.72 Å². The molecule has 7 nitrogen and oxygen atoms in total. The Morgan fingerprint density at radius 3 is 2.50 bits per heavy atom. The van der Waals surface area contributed by atoms with Gasteiger partial charge in [0.15, 0.2) is 0 Å². The van der Waals surface area contributed by atoms with Gasteiger partial charge in [0.05, 0.1) is 4.90 Å². The molecule has 0 bridgehead atoms. The van der Waals surface area contributed by atoms with Crippen LogP contribution in [0.25, 0.3) is 10.9 Å². The van der Waals surface area contributed by atoms with Gasteiger partial charge < -0.3 is 10.1 Å². The van der Waals surface area contributed by atoms with Gasteiger partial charge in [-0.1, -0.05) is 13.8 Å². The summed E-state index contributed by atoms with van der Waals surface area (Å²) in [5.41, 5.74) is 0.220. The van der Waals surface area contributed by atoms with Crippen LogP contribution >= 0.6 is 0 Å². The zero-order valence-corrected chi connectivity index (χ0v) is 12.8. The van der Waals surface area contributed by atoms with Gasteiger partial charge in [-0.15, -0.1) is 0 Å². The number of benzene rings is 1. The van der Waals surface area contributed by atoms with Gasteiger partial charge in [-0.25, -0.2) is 8.42 Å². The average Bonchev–Trinajstić information content (AvgIpc) is 2.43. The Hall–Kier alpha value is -2.19. The number of aromatic amines is 1. The van der Waals surface area contributed by atoms with E-state index in [1.165, 1.54) is 30.3 Å². The number of pyridine rings is 1. The SMILES string of the molecule is CC(C)[C@@H](NS(=O)(=O)c1ccc2[nH]c(=O)ccc2c1)C(=O)O. The van der Waals surface area contributed by atoms with Gasteiger partial charge in [0.1, 0.15) is 6.04 Å². The summed E-state index contributed by atoms with van der Waals surface area (Å²) in [5, 5.41) is 9.63. The van der Waals surface area contributed by atoms with E-state index in [1.54, 1.807) is 13.8 Å². The van der Waals surface area contributed by atoms with Gasteiger partial charge in [-0.3, -0.25) is 9.59 Å². The van der Waals surface area contributed by atoms with Crippen LogP contribution in [-0.4, -0.2) is 30.5 Å². The third kappa shape index (κ3) is 3.34. The van der Waals surface area contributed by atoms with E-state index in [0.717, 1.165) is 0 Å². The van der Waals surface area contributed by atoms with Crippen molar-refractivity contribution in [2.24, 2.45) is 5.92 Å². The maximum atomic E-state index is 12.3. The highest BCUT2D eigenvalue weighted by Gasteiger charge is 2.28. The summed E-state index contributed by atoms with van der Waals surface area (Å²) in [6.45, 7) is 3.23. The molecule has 0 aliphatic heterocycles. The molecule has 0 unspecified atom stereocenters. The van der Waals surface area contributed by atoms with Crippen molar-refractivity contribution in [2.45, 2.75) is 24.8 Å². The molecule has 0 amide bonds. The molecular weight excluding hydrogens is 308 g/mol. The summed E-state index contributed by atoms with van der Waals surface area (Å²) in [7, 11) is -3.97. The number of aromatic nitrogens is 1. The Labute approximate surface area is 127 Å². The first kappa shape index (κ1) is 16.2. The molecular formula is C14H16N2O5S.